The van der Waals surface area contributed by atoms with Crippen LogP contribution in [0.4, 0.5) is 11.4 Å². The van der Waals surface area contributed by atoms with E-state index in [0.717, 1.165) is 15.7 Å². The highest BCUT2D eigenvalue weighted by Gasteiger charge is 1.94. The van der Waals surface area contributed by atoms with Crippen LogP contribution >= 0.6 is 15.9 Å². The Morgan fingerprint density at radius 2 is 1.63 bits per heavy atom. The van der Waals surface area contributed by atoms with Gasteiger partial charge in [-0.2, -0.15) is 5.10 Å². The Morgan fingerprint density at radius 1 is 1.00 bits per heavy atom. The van der Waals surface area contributed by atoms with Crippen LogP contribution in [0.3, 0.4) is 0 Å². The zero-order valence-corrected chi connectivity index (χ0v) is 12.6. The van der Waals surface area contributed by atoms with Crippen molar-refractivity contribution in [3.63, 3.8) is 0 Å². The molecule has 3 nitrogen and oxygen atoms in total. The van der Waals surface area contributed by atoms with Crippen molar-refractivity contribution in [3.05, 3.63) is 58.6 Å². The first-order valence-corrected chi connectivity index (χ1v) is 6.76. The topological polar surface area (TPSA) is 27.6 Å². The smallest absolute Gasteiger partial charge is 0.0562 e. The second-order valence-electron chi connectivity index (χ2n) is 4.36. The van der Waals surface area contributed by atoms with Crippen molar-refractivity contribution >= 4 is 33.5 Å². The molecule has 0 aromatic heterocycles. The molecule has 0 aliphatic heterocycles. The number of hydrogen-bond donors (Lipinski definition) is 1. The van der Waals surface area contributed by atoms with Crippen molar-refractivity contribution in [2.75, 3.05) is 24.4 Å². The maximum atomic E-state index is 4.21. The second-order valence-corrected chi connectivity index (χ2v) is 5.28. The maximum absolute atomic E-state index is 4.21. The van der Waals surface area contributed by atoms with Crippen LogP contribution < -0.4 is 10.3 Å². The summed E-state index contributed by atoms with van der Waals surface area (Å²) in [6, 6.07) is 16.1. The Labute approximate surface area is 122 Å². The van der Waals surface area contributed by atoms with Gasteiger partial charge >= 0.3 is 0 Å². The van der Waals surface area contributed by atoms with Crippen molar-refractivity contribution < 1.29 is 0 Å². The lowest BCUT2D eigenvalue weighted by Gasteiger charge is -2.11. The maximum Gasteiger partial charge on any atom is 0.0562 e. The van der Waals surface area contributed by atoms with Crippen molar-refractivity contribution in [3.8, 4) is 0 Å². The van der Waals surface area contributed by atoms with Crippen LogP contribution in [-0.2, 0) is 0 Å². The highest BCUT2D eigenvalue weighted by molar-refractivity contribution is 9.10. The third kappa shape index (κ3) is 4.10. The molecule has 0 fully saturated rings. The first-order valence-electron chi connectivity index (χ1n) is 5.97. The number of hydrazone groups is 1. The quantitative estimate of drug-likeness (QED) is 0.682. The zero-order chi connectivity index (χ0) is 13.7. The van der Waals surface area contributed by atoms with Crippen LogP contribution in [0.15, 0.2) is 58.1 Å². The van der Waals surface area contributed by atoms with E-state index in [1.54, 1.807) is 0 Å². The molecule has 0 bridgehead atoms. The van der Waals surface area contributed by atoms with Crippen molar-refractivity contribution in [2.45, 2.75) is 0 Å². The molecule has 0 spiro atoms. The Balaban J connectivity index is 1.97. The van der Waals surface area contributed by atoms with Crippen LogP contribution in [-0.4, -0.2) is 20.3 Å². The Kier molecular flexibility index (Phi) is 4.58. The SMILES string of the molecule is CN(C)c1ccc(C=NNc2ccc(Br)cc2)cc1. The lowest BCUT2D eigenvalue weighted by atomic mass is 10.2. The number of anilines is 2. The Bertz CT molecular complexity index is 545. The summed E-state index contributed by atoms with van der Waals surface area (Å²) in [5, 5.41) is 4.21. The molecular weight excluding hydrogens is 302 g/mol. The third-order valence-corrected chi connectivity index (χ3v) is 3.19. The average molecular weight is 318 g/mol. The minimum atomic E-state index is 0.962. The van der Waals surface area contributed by atoms with Gasteiger partial charge in [0.05, 0.1) is 11.9 Å². The van der Waals surface area contributed by atoms with Gasteiger partial charge in [-0.3, -0.25) is 5.43 Å². The Morgan fingerprint density at radius 3 is 2.21 bits per heavy atom. The molecule has 0 amide bonds. The molecule has 0 atom stereocenters. The van der Waals surface area contributed by atoms with Gasteiger partial charge in [-0.05, 0) is 42.0 Å². The van der Waals surface area contributed by atoms with Gasteiger partial charge in [0.2, 0.25) is 0 Å². The molecule has 0 aliphatic carbocycles. The number of rotatable bonds is 4. The molecule has 0 aliphatic rings. The van der Waals surface area contributed by atoms with E-state index in [1.165, 1.54) is 5.69 Å². The van der Waals surface area contributed by atoms with Crippen LogP contribution in [0.25, 0.3) is 0 Å². The van der Waals surface area contributed by atoms with Crippen LogP contribution in [0.2, 0.25) is 0 Å². The number of nitrogens with zero attached hydrogens (tertiary/aromatic N) is 2. The number of benzene rings is 2. The van der Waals surface area contributed by atoms with E-state index in [0.29, 0.717) is 0 Å². The summed E-state index contributed by atoms with van der Waals surface area (Å²) in [6.07, 6.45) is 1.81. The fourth-order valence-corrected chi connectivity index (χ4v) is 1.83. The van der Waals surface area contributed by atoms with Gasteiger partial charge in [0, 0.05) is 24.3 Å². The van der Waals surface area contributed by atoms with Crippen molar-refractivity contribution in [2.24, 2.45) is 5.10 Å². The fraction of sp³-hybridized carbons (Fsp3) is 0.133. The van der Waals surface area contributed by atoms with Gasteiger partial charge in [-0.25, -0.2) is 0 Å². The summed E-state index contributed by atoms with van der Waals surface area (Å²) in [5.74, 6) is 0. The van der Waals surface area contributed by atoms with Gasteiger partial charge in [-0.1, -0.05) is 28.1 Å². The Hall–Kier alpha value is -1.81. The average Bonchev–Trinajstić information content (AvgIpc) is 2.41. The zero-order valence-electron chi connectivity index (χ0n) is 11.0. The van der Waals surface area contributed by atoms with Crippen LogP contribution in [0.5, 0.6) is 0 Å². The first-order chi connectivity index (χ1) is 9.15. The fourth-order valence-electron chi connectivity index (χ4n) is 1.56. The summed E-state index contributed by atoms with van der Waals surface area (Å²) in [7, 11) is 4.05. The molecule has 2 aromatic carbocycles. The summed E-state index contributed by atoms with van der Waals surface area (Å²) < 4.78 is 1.06. The molecule has 19 heavy (non-hydrogen) atoms. The van der Waals surface area contributed by atoms with Crippen molar-refractivity contribution in [1.82, 2.24) is 0 Å². The molecular formula is C15H16BrN3. The van der Waals surface area contributed by atoms with E-state index in [9.17, 15) is 0 Å². The molecule has 0 radical (unpaired) electrons. The van der Waals surface area contributed by atoms with E-state index < -0.39 is 0 Å². The molecule has 0 heterocycles. The monoisotopic (exact) mass is 317 g/mol. The number of hydrogen-bond acceptors (Lipinski definition) is 3. The molecule has 0 unspecified atom stereocenters. The summed E-state index contributed by atoms with van der Waals surface area (Å²) in [4.78, 5) is 2.07. The molecule has 98 valence electrons. The number of halogens is 1. The lowest BCUT2D eigenvalue weighted by Crippen LogP contribution is -2.08. The third-order valence-electron chi connectivity index (χ3n) is 2.66. The predicted molar refractivity (Wildman–Crippen MR) is 86.1 cm³/mol. The molecule has 2 rings (SSSR count). The van der Waals surface area contributed by atoms with E-state index >= 15 is 0 Å². The molecule has 4 heteroatoms. The van der Waals surface area contributed by atoms with E-state index in [4.69, 9.17) is 0 Å². The van der Waals surface area contributed by atoms with E-state index in [1.807, 2.05) is 56.7 Å². The summed E-state index contributed by atoms with van der Waals surface area (Å²) in [6.45, 7) is 0. The highest BCUT2D eigenvalue weighted by Crippen LogP contribution is 2.14. The molecule has 0 saturated heterocycles. The van der Waals surface area contributed by atoms with Gasteiger partial charge < -0.3 is 4.90 Å². The minimum Gasteiger partial charge on any atom is -0.378 e. The normalized spacial score (nSPS) is 10.7. The minimum absolute atomic E-state index is 0.962. The highest BCUT2D eigenvalue weighted by atomic mass is 79.9. The lowest BCUT2D eigenvalue weighted by molar-refractivity contribution is 1.13. The van der Waals surface area contributed by atoms with E-state index in [2.05, 4.69) is 43.5 Å². The van der Waals surface area contributed by atoms with Gasteiger partial charge in [0.15, 0.2) is 0 Å². The molecule has 0 saturated carbocycles. The van der Waals surface area contributed by atoms with E-state index in [-0.39, 0.29) is 0 Å². The summed E-state index contributed by atoms with van der Waals surface area (Å²) in [5.41, 5.74) is 6.20. The molecule has 2 aromatic rings. The first kappa shape index (κ1) is 13.6. The second kappa shape index (κ2) is 6.38. The van der Waals surface area contributed by atoms with Crippen LogP contribution in [0.1, 0.15) is 5.56 Å². The predicted octanol–water partition coefficient (Wildman–Crippen LogP) is 3.96. The standard InChI is InChI=1S/C15H16BrN3/c1-19(2)15-9-3-12(4-10-15)11-17-18-14-7-5-13(16)6-8-14/h3-11,18H,1-2H3. The van der Waals surface area contributed by atoms with Crippen LogP contribution in [0, 0.1) is 0 Å². The van der Waals surface area contributed by atoms with Gasteiger partial charge in [-0.15, -0.1) is 0 Å². The molecule has 1 N–H and O–H groups in total. The van der Waals surface area contributed by atoms with Gasteiger partial charge in [0.1, 0.15) is 0 Å². The number of nitrogens with one attached hydrogen (secondary N) is 1. The largest absolute Gasteiger partial charge is 0.378 e. The van der Waals surface area contributed by atoms with Gasteiger partial charge in [0.25, 0.3) is 0 Å². The van der Waals surface area contributed by atoms with Crippen molar-refractivity contribution in [1.29, 1.82) is 0 Å². The summed E-state index contributed by atoms with van der Waals surface area (Å²) >= 11 is 3.40.